The lowest BCUT2D eigenvalue weighted by molar-refractivity contribution is -0.116. The SMILES string of the molecule is CC(=O)Nc1ccc(Cl)c(NC(=O)Cn2c(-c3ccccc3)cc3ccccc32)c1. The van der Waals surface area contributed by atoms with Crippen LogP contribution in [0.2, 0.25) is 5.02 Å². The van der Waals surface area contributed by atoms with Gasteiger partial charge in [0.05, 0.1) is 10.7 Å². The molecular weight excluding hydrogens is 398 g/mol. The van der Waals surface area contributed by atoms with E-state index in [0.29, 0.717) is 16.4 Å². The number of nitrogens with zero attached hydrogens (tertiary/aromatic N) is 1. The second-order valence-electron chi connectivity index (χ2n) is 6.96. The summed E-state index contributed by atoms with van der Waals surface area (Å²) in [5.41, 5.74) is 3.99. The molecule has 0 radical (unpaired) electrons. The zero-order chi connectivity index (χ0) is 21.1. The third-order valence-electron chi connectivity index (χ3n) is 4.74. The highest BCUT2D eigenvalue weighted by Gasteiger charge is 2.14. The minimum absolute atomic E-state index is 0.123. The molecule has 0 bridgehead atoms. The first-order chi connectivity index (χ1) is 14.5. The molecule has 0 aliphatic carbocycles. The molecule has 0 aliphatic rings. The van der Waals surface area contributed by atoms with E-state index in [4.69, 9.17) is 11.6 Å². The molecule has 2 N–H and O–H groups in total. The van der Waals surface area contributed by atoms with Gasteiger partial charge in [0.1, 0.15) is 6.54 Å². The molecule has 0 unspecified atom stereocenters. The molecule has 30 heavy (non-hydrogen) atoms. The zero-order valence-electron chi connectivity index (χ0n) is 16.4. The van der Waals surface area contributed by atoms with Crippen LogP contribution in [0.25, 0.3) is 22.2 Å². The predicted molar refractivity (Wildman–Crippen MR) is 122 cm³/mol. The summed E-state index contributed by atoms with van der Waals surface area (Å²) in [7, 11) is 0. The van der Waals surface area contributed by atoms with Gasteiger partial charge in [0, 0.05) is 29.2 Å². The van der Waals surface area contributed by atoms with Crippen LogP contribution in [-0.2, 0) is 16.1 Å². The summed E-state index contributed by atoms with van der Waals surface area (Å²) in [6.45, 7) is 1.55. The van der Waals surface area contributed by atoms with E-state index >= 15 is 0 Å². The number of hydrogen-bond donors (Lipinski definition) is 2. The number of carbonyl (C=O) groups excluding carboxylic acids is 2. The maximum absolute atomic E-state index is 12.9. The Morgan fingerprint density at radius 3 is 2.40 bits per heavy atom. The first kappa shape index (κ1) is 19.7. The van der Waals surface area contributed by atoms with Gasteiger partial charge in [-0.3, -0.25) is 9.59 Å². The Hall–Kier alpha value is -3.57. The lowest BCUT2D eigenvalue weighted by atomic mass is 10.1. The number of para-hydroxylation sites is 1. The van der Waals surface area contributed by atoms with Crippen LogP contribution >= 0.6 is 11.6 Å². The first-order valence-corrected chi connectivity index (χ1v) is 9.90. The van der Waals surface area contributed by atoms with Crippen molar-refractivity contribution < 1.29 is 9.59 Å². The van der Waals surface area contributed by atoms with Crippen LogP contribution in [0.3, 0.4) is 0 Å². The second kappa shape index (κ2) is 8.43. The average molecular weight is 418 g/mol. The third-order valence-corrected chi connectivity index (χ3v) is 5.07. The van der Waals surface area contributed by atoms with Gasteiger partial charge in [-0.2, -0.15) is 0 Å². The summed E-state index contributed by atoms with van der Waals surface area (Å²) in [6.07, 6.45) is 0. The monoisotopic (exact) mass is 417 g/mol. The zero-order valence-corrected chi connectivity index (χ0v) is 17.1. The number of aromatic nitrogens is 1. The summed E-state index contributed by atoms with van der Waals surface area (Å²) < 4.78 is 1.99. The molecule has 6 heteroatoms. The van der Waals surface area contributed by atoms with Crippen molar-refractivity contribution in [3.05, 3.63) is 83.9 Å². The summed E-state index contributed by atoms with van der Waals surface area (Å²) in [5, 5.41) is 7.02. The van der Waals surface area contributed by atoms with Crippen molar-refractivity contribution >= 4 is 45.7 Å². The normalized spacial score (nSPS) is 10.7. The topological polar surface area (TPSA) is 63.1 Å². The minimum Gasteiger partial charge on any atom is -0.331 e. The molecule has 3 aromatic carbocycles. The van der Waals surface area contributed by atoms with Gasteiger partial charge in [-0.15, -0.1) is 0 Å². The van der Waals surface area contributed by atoms with Gasteiger partial charge in [-0.1, -0.05) is 60.1 Å². The van der Waals surface area contributed by atoms with E-state index in [1.54, 1.807) is 18.2 Å². The second-order valence-corrected chi connectivity index (χ2v) is 7.37. The molecule has 2 amide bonds. The Morgan fingerprint density at radius 2 is 1.63 bits per heavy atom. The van der Waals surface area contributed by atoms with Crippen molar-refractivity contribution in [1.82, 2.24) is 4.57 Å². The molecule has 1 heterocycles. The molecule has 150 valence electrons. The van der Waals surface area contributed by atoms with Crippen molar-refractivity contribution in [2.75, 3.05) is 10.6 Å². The average Bonchev–Trinajstić information content (AvgIpc) is 3.09. The van der Waals surface area contributed by atoms with Gasteiger partial charge in [-0.05, 0) is 35.9 Å². The fourth-order valence-electron chi connectivity index (χ4n) is 3.46. The number of nitrogens with one attached hydrogen (secondary N) is 2. The highest BCUT2D eigenvalue weighted by molar-refractivity contribution is 6.33. The van der Waals surface area contributed by atoms with E-state index < -0.39 is 0 Å². The fraction of sp³-hybridized carbons (Fsp3) is 0.0833. The lowest BCUT2D eigenvalue weighted by Crippen LogP contribution is -2.19. The standard InChI is InChI=1S/C24H20ClN3O2/c1-16(29)26-19-11-12-20(25)21(14-19)27-24(30)15-28-22-10-6-5-9-18(22)13-23(28)17-7-3-2-4-8-17/h2-14H,15H2,1H3,(H,26,29)(H,27,30). The van der Waals surface area contributed by atoms with E-state index in [1.165, 1.54) is 6.92 Å². The molecule has 0 saturated carbocycles. The quantitative estimate of drug-likeness (QED) is 0.446. The van der Waals surface area contributed by atoms with Crippen molar-refractivity contribution in [1.29, 1.82) is 0 Å². The smallest absolute Gasteiger partial charge is 0.244 e. The molecule has 0 fully saturated rings. The van der Waals surface area contributed by atoms with Crippen LogP contribution in [0.1, 0.15) is 6.92 Å². The molecule has 5 nitrogen and oxygen atoms in total. The maximum Gasteiger partial charge on any atom is 0.244 e. The Balaban J connectivity index is 1.65. The van der Waals surface area contributed by atoms with Crippen molar-refractivity contribution in [3.63, 3.8) is 0 Å². The van der Waals surface area contributed by atoms with Crippen LogP contribution in [-0.4, -0.2) is 16.4 Å². The van der Waals surface area contributed by atoms with Crippen LogP contribution in [0.15, 0.2) is 78.9 Å². The number of fused-ring (bicyclic) bond motifs is 1. The number of anilines is 2. The molecular formula is C24H20ClN3O2. The fourth-order valence-corrected chi connectivity index (χ4v) is 3.63. The van der Waals surface area contributed by atoms with Crippen molar-refractivity contribution in [3.8, 4) is 11.3 Å². The van der Waals surface area contributed by atoms with Gasteiger partial charge in [0.15, 0.2) is 0 Å². The molecule has 4 aromatic rings. The van der Waals surface area contributed by atoms with Crippen LogP contribution in [0.4, 0.5) is 11.4 Å². The highest BCUT2D eigenvalue weighted by atomic mass is 35.5. The first-order valence-electron chi connectivity index (χ1n) is 9.52. The molecule has 1 aromatic heterocycles. The van der Waals surface area contributed by atoms with E-state index in [1.807, 2.05) is 59.2 Å². The Labute approximate surface area is 179 Å². The van der Waals surface area contributed by atoms with Crippen molar-refractivity contribution in [2.24, 2.45) is 0 Å². The van der Waals surface area contributed by atoms with Gasteiger partial charge in [0.25, 0.3) is 0 Å². The largest absolute Gasteiger partial charge is 0.331 e. The van der Waals surface area contributed by atoms with Gasteiger partial charge < -0.3 is 15.2 Å². The summed E-state index contributed by atoms with van der Waals surface area (Å²) in [4.78, 5) is 24.2. The van der Waals surface area contributed by atoms with E-state index in [-0.39, 0.29) is 18.4 Å². The number of amides is 2. The van der Waals surface area contributed by atoms with Crippen molar-refractivity contribution in [2.45, 2.75) is 13.5 Å². The number of carbonyl (C=O) groups is 2. The van der Waals surface area contributed by atoms with Gasteiger partial charge >= 0.3 is 0 Å². The molecule has 0 atom stereocenters. The number of halogens is 1. The maximum atomic E-state index is 12.9. The Morgan fingerprint density at radius 1 is 0.900 bits per heavy atom. The number of hydrogen-bond acceptors (Lipinski definition) is 2. The van der Waals surface area contributed by atoms with Gasteiger partial charge in [-0.25, -0.2) is 0 Å². The summed E-state index contributed by atoms with van der Waals surface area (Å²) >= 11 is 6.25. The lowest BCUT2D eigenvalue weighted by Gasteiger charge is -2.13. The van der Waals surface area contributed by atoms with Crippen LogP contribution < -0.4 is 10.6 Å². The van der Waals surface area contributed by atoms with E-state index in [0.717, 1.165) is 22.2 Å². The van der Waals surface area contributed by atoms with E-state index in [2.05, 4.69) is 16.7 Å². The van der Waals surface area contributed by atoms with Crippen LogP contribution in [0, 0.1) is 0 Å². The summed E-state index contributed by atoms with van der Waals surface area (Å²) in [5.74, 6) is -0.406. The predicted octanol–water partition coefficient (Wildman–Crippen LogP) is 5.56. The number of benzene rings is 3. The molecule has 0 aliphatic heterocycles. The third kappa shape index (κ3) is 4.21. The molecule has 0 spiro atoms. The summed E-state index contributed by atoms with van der Waals surface area (Å²) in [6, 6.07) is 25.0. The molecule has 0 saturated heterocycles. The van der Waals surface area contributed by atoms with Crippen LogP contribution in [0.5, 0.6) is 0 Å². The van der Waals surface area contributed by atoms with E-state index in [9.17, 15) is 9.59 Å². The Bertz CT molecular complexity index is 1230. The number of rotatable bonds is 5. The Kier molecular flexibility index (Phi) is 5.55. The highest BCUT2D eigenvalue weighted by Crippen LogP contribution is 2.29. The molecule has 4 rings (SSSR count). The minimum atomic E-state index is -0.213. The van der Waals surface area contributed by atoms with Gasteiger partial charge in [0.2, 0.25) is 11.8 Å².